The van der Waals surface area contributed by atoms with Crippen molar-refractivity contribution in [2.75, 3.05) is 42.6 Å². The molecule has 1 saturated heterocycles. The number of carbonyl (C=O) groups is 1. The second kappa shape index (κ2) is 6.85. The van der Waals surface area contributed by atoms with Gasteiger partial charge in [0.25, 0.3) is 5.91 Å². The zero-order valence-corrected chi connectivity index (χ0v) is 14.5. The van der Waals surface area contributed by atoms with Crippen LogP contribution in [0.5, 0.6) is 0 Å². The first kappa shape index (κ1) is 15.5. The third-order valence-electron chi connectivity index (χ3n) is 4.61. The Morgan fingerprint density at radius 3 is 2.71 bits per heavy atom. The molecule has 2 aliphatic heterocycles. The molecule has 0 atom stereocenters. The molecule has 0 unspecified atom stereocenters. The number of nitrogens with zero attached hydrogens (tertiary/aromatic N) is 3. The molecular weight excluding hydrogens is 318 g/mol. The Kier molecular flexibility index (Phi) is 4.43. The number of para-hydroxylation sites is 1. The van der Waals surface area contributed by atoms with E-state index in [4.69, 9.17) is 4.98 Å². The monoisotopic (exact) mass is 339 g/mol. The summed E-state index contributed by atoms with van der Waals surface area (Å²) < 4.78 is 0. The van der Waals surface area contributed by atoms with Crippen LogP contribution in [0, 0.1) is 0 Å². The van der Waals surface area contributed by atoms with E-state index in [0.29, 0.717) is 6.54 Å². The molecule has 0 radical (unpaired) electrons. The lowest BCUT2D eigenvalue weighted by atomic mass is 10.1. The van der Waals surface area contributed by atoms with Gasteiger partial charge in [0.1, 0.15) is 5.82 Å². The smallest absolute Gasteiger partial charge is 0.254 e. The van der Waals surface area contributed by atoms with Gasteiger partial charge in [-0.2, -0.15) is 11.8 Å². The van der Waals surface area contributed by atoms with Crippen molar-refractivity contribution < 1.29 is 4.79 Å². The van der Waals surface area contributed by atoms with Gasteiger partial charge in [-0.05, 0) is 18.6 Å². The summed E-state index contributed by atoms with van der Waals surface area (Å²) in [5.74, 6) is 3.29. The summed E-state index contributed by atoms with van der Waals surface area (Å²) >= 11 is 1.98. The molecule has 1 aromatic carbocycles. The van der Waals surface area contributed by atoms with E-state index in [9.17, 15) is 4.79 Å². The molecule has 0 saturated carbocycles. The molecule has 1 fully saturated rings. The van der Waals surface area contributed by atoms with Crippen molar-refractivity contribution in [1.82, 2.24) is 9.88 Å². The number of fused-ring (bicyclic) bond motifs is 1. The van der Waals surface area contributed by atoms with E-state index in [1.54, 1.807) is 0 Å². The van der Waals surface area contributed by atoms with E-state index in [-0.39, 0.29) is 5.91 Å². The average Bonchev–Trinajstić information content (AvgIpc) is 2.68. The summed E-state index contributed by atoms with van der Waals surface area (Å²) in [5.41, 5.74) is 1.69. The molecule has 1 aromatic heterocycles. The van der Waals surface area contributed by atoms with Crippen molar-refractivity contribution in [1.29, 1.82) is 0 Å². The largest absolute Gasteiger partial charge is 0.355 e. The van der Waals surface area contributed by atoms with Crippen molar-refractivity contribution in [2.45, 2.75) is 6.42 Å². The van der Waals surface area contributed by atoms with Gasteiger partial charge in [-0.3, -0.25) is 4.79 Å². The Morgan fingerprint density at radius 1 is 1.08 bits per heavy atom. The second-order valence-electron chi connectivity index (χ2n) is 6.16. The van der Waals surface area contributed by atoms with E-state index >= 15 is 0 Å². The molecule has 0 bridgehead atoms. The predicted octanol–water partition coefficient (Wildman–Crippen LogP) is 3.19. The minimum Gasteiger partial charge on any atom is -0.355 e. The number of thioether (sulfide) groups is 1. The topological polar surface area (TPSA) is 36.4 Å². The van der Waals surface area contributed by atoms with Crippen LogP contribution < -0.4 is 4.90 Å². The summed E-state index contributed by atoms with van der Waals surface area (Å²) in [5, 5.41) is 0.951. The highest BCUT2D eigenvalue weighted by Crippen LogP contribution is 2.26. The van der Waals surface area contributed by atoms with Crippen LogP contribution in [-0.2, 0) is 0 Å². The van der Waals surface area contributed by atoms with Gasteiger partial charge in [0.2, 0.25) is 0 Å². The number of carbonyl (C=O) groups excluding carboxylic acids is 1. The van der Waals surface area contributed by atoms with Crippen LogP contribution in [0.3, 0.4) is 0 Å². The first-order chi connectivity index (χ1) is 11.8. The zero-order chi connectivity index (χ0) is 16.4. The number of aromatic nitrogens is 1. The maximum Gasteiger partial charge on any atom is 0.254 e. The van der Waals surface area contributed by atoms with Gasteiger partial charge in [-0.15, -0.1) is 0 Å². The highest BCUT2D eigenvalue weighted by molar-refractivity contribution is 7.99. The minimum absolute atomic E-state index is 0.116. The lowest BCUT2D eigenvalue weighted by Crippen LogP contribution is -2.35. The Labute approximate surface area is 146 Å². The second-order valence-corrected chi connectivity index (χ2v) is 7.38. The SMILES string of the molecule is O=C(c1cc(N2CCSCC2)nc2ccccc12)N1CC=CCC1. The number of hydrogen-bond donors (Lipinski definition) is 0. The highest BCUT2D eigenvalue weighted by atomic mass is 32.2. The number of anilines is 1. The van der Waals surface area contributed by atoms with Gasteiger partial charge < -0.3 is 9.80 Å². The predicted molar refractivity (Wildman–Crippen MR) is 101 cm³/mol. The zero-order valence-electron chi connectivity index (χ0n) is 13.6. The molecule has 0 spiro atoms. The van der Waals surface area contributed by atoms with Gasteiger partial charge in [0, 0.05) is 43.1 Å². The maximum atomic E-state index is 13.1. The molecule has 124 valence electrons. The molecule has 1 amide bonds. The number of benzene rings is 1. The number of hydrogen-bond acceptors (Lipinski definition) is 4. The van der Waals surface area contributed by atoms with Gasteiger partial charge in [-0.25, -0.2) is 4.98 Å². The Hall–Kier alpha value is -2.01. The van der Waals surface area contributed by atoms with Gasteiger partial charge in [0.05, 0.1) is 11.1 Å². The third-order valence-corrected chi connectivity index (χ3v) is 5.56. The molecule has 4 rings (SSSR count). The lowest BCUT2D eigenvalue weighted by Gasteiger charge is -2.29. The molecule has 3 heterocycles. The lowest BCUT2D eigenvalue weighted by molar-refractivity contribution is 0.0773. The summed E-state index contributed by atoms with van der Waals surface area (Å²) in [4.78, 5) is 22.1. The van der Waals surface area contributed by atoms with Crippen molar-refractivity contribution in [3.63, 3.8) is 0 Å². The Bertz CT molecular complexity index is 783. The van der Waals surface area contributed by atoms with Crippen LogP contribution >= 0.6 is 11.8 Å². The summed E-state index contributed by atoms with van der Waals surface area (Å²) in [6, 6.07) is 9.98. The average molecular weight is 339 g/mol. The summed E-state index contributed by atoms with van der Waals surface area (Å²) in [6.45, 7) is 3.49. The van der Waals surface area contributed by atoms with Crippen LogP contribution in [0.1, 0.15) is 16.8 Å². The Balaban J connectivity index is 1.77. The van der Waals surface area contributed by atoms with Gasteiger partial charge >= 0.3 is 0 Å². The molecule has 0 N–H and O–H groups in total. The van der Waals surface area contributed by atoms with Crippen molar-refractivity contribution in [3.05, 3.63) is 48.0 Å². The number of amides is 1. The standard InChI is InChI=1S/C19H21N3OS/c23-19(22-8-4-1-5-9-22)16-14-18(21-10-12-24-13-11-21)20-17-7-3-2-6-15(16)17/h1-4,6-7,14H,5,8-13H2. The Morgan fingerprint density at radius 2 is 1.92 bits per heavy atom. The van der Waals surface area contributed by atoms with Crippen LogP contribution in [0.4, 0.5) is 5.82 Å². The molecule has 2 aliphatic rings. The van der Waals surface area contributed by atoms with E-state index in [1.165, 1.54) is 0 Å². The van der Waals surface area contributed by atoms with Gasteiger partial charge in [-0.1, -0.05) is 30.4 Å². The van der Waals surface area contributed by atoms with E-state index in [1.807, 2.05) is 47.0 Å². The van der Waals surface area contributed by atoms with Crippen LogP contribution in [-0.4, -0.2) is 53.5 Å². The van der Waals surface area contributed by atoms with Crippen molar-refractivity contribution in [2.24, 2.45) is 0 Å². The minimum atomic E-state index is 0.116. The summed E-state index contributed by atoms with van der Waals surface area (Å²) in [6.07, 6.45) is 5.16. The summed E-state index contributed by atoms with van der Waals surface area (Å²) in [7, 11) is 0. The van der Waals surface area contributed by atoms with Crippen molar-refractivity contribution in [3.8, 4) is 0 Å². The first-order valence-electron chi connectivity index (χ1n) is 8.50. The normalized spacial score (nSPS) is 18.2. The van der Waals surface area contributed by atoms with E-state index in [0.717, 1.165) is 59.8 Å². The molecule has 24 heavy (non-hydrogen) atoms. The fourth-order valence-corrected chi connectivity index (χ4v) is 4.19. The van der Waals surface area contributed by atoms with E-state index in [2.05, 4.69) is 17.1 Å². The molecule has 0 aliphatic carbocycles. The molecule has 4 nitrogen and oxygen atoms in total. The maximum absolute atomic E-state index is 13.1. The van der Waals surface area contributed by atoms with Crippen LogP contribution in [0.25, 0.3) is 10.9 Å². The number of rotatable bonds is 2. The molecule has 2 aromatic rings. The van der Waals surface area contributed by atoms with Crippen LogP contribution in [0.15, 0.2) is 42.5 Å². The quantitative estimate of drug-likeness (QED) is 0.788. The first-order valence-corrected chi connectivity index (χ1v) is 9.65. The fourth-order valence-electron chi connectivity index (χ4n) is 3.29. The molecular formula is C19H21N3OS. The fraction of sp³-hybridized carbons (Fsp3) is 0.368. The third kappa shape index (κ3) is 3.00. The molecule has 5 heteroatoms. The number of pyridine rings is 1. The highest BCUT2D eigenvalue weighted by Gasteiger charge is 2.21. The van der Waals surface area contributed by atoms with Crippen LogP contribution in [0.2, 0.25) is 0 Å². The van der Waals surface area contributed by atoms with Gasteiger partial charge in [0.15, 0.2) is 0 Å². The van der Waals surface area contributed by atoms with E-state index < -0.39 is 0 Å². The van der Waals surface area contributed by atoms with Crippen molar-refractivity contribution >= 4 is 34.4 Å².